The number of hydrogen-bond acceptors (Lipinski definition) is 6. The Bertz CT molecular complexity index is 1390. The smallest absolute Gasteiger partial charge is 0.295 e. The van der Waals surface area contributed by atoms with E-state index >= 15 is 0 Å². The molecular weight excluding hydrogens is 482 g/mol. The van der Waals surface area contributed by atoms with Crippen molar-refractivity contribution in [2.24, 2.45) is 0 Å². The second-order valence-electron chi connectivity index (χ2n) is 9.26. The minimum absolute atomic E-state index is 0.0801. The number of hydrogen-bond donors (Lipinski definition) is 1. The molecule has 0 radical (unpaired) electrons. The number of rotatable bonds is 9. The summed E-state index contributed by atoms with van der Waals surface area (Å²) in [6.45, 7) is 6.53. The lowest BCUT2D eigenvalue weighted by Crippen LogP contribution is -2.31. The van der Waals surface area contributed by atoms with Crippen molar-refractivity contribution in [3.63, 3.8) is 0 Å². The van der Waals surface area contributed by atoms with E-state index in [4.69, 9.17) is 14.2 Å². The zero-order valence-corrected chi connectivity index (χ0v) is 22.4. The van der Waals surface area contributed by atoms with Gasteiger partial charge < -0.3 is 24.2 Å². The molecular formula is C31H33NO6. The molecule has 0 spiro atoms. The van der Waals surface area contributed by atoms with Crippen molar-refractivity contribution in [1.82, 2.24) is 4.90 Å². The summed E-state index contributed by atoms with van der Waals surface area (Å²) in [6, 6.07) is 17.8. The second kappa shape index (κ2) is 11.4. The molecule has 198 valence electrons. The fraction of sp³-hybridized carbons (Fsp3) is 0.290. The van der Waals surface area contributed by atoms with Crippen LogP contribution in [0.25, 0.3) is 5.76 Å². The molecule has 1 fully saturated rings. The van der Waals surface area contributed by atoms with Gasteiger partial charge in [0.05, 0.1) is 32.4 Å². The van der Waals surface area contributed by atoms with E-state index in [2.05, 4.69) is 0 Å². The number of aliphatic hydroxyl groups excluding tert-OH is 1. The number of amides is 1. The highest BCUT2D eigenvalue weighted by Gasteiger charge is 2.45. The number of aryl methyl sites for hydroxylation is 2. The highest BCUT2D eigenvalue weighted by atomic mass is 16.5. The number of carbonyl (C=O) groups is 2. The van der Waals surface area contributed by atoms with E-state index in [1.807, 2.05) is 63.2 Å². The topological polar surface area (TPSA) is 85.3 Å². The van der Waals surface area contributed by atoms with Crippen LogP contribution in [-0.2, 0) is 16.0 Å². The summed E-state index contributed by atoms with van der Waals surface area (Å²) in [7, 11) is 3.14. The quantitative estimate of drug-likeness (QED) is 0.234. The molecule has 1 saturated heterocycles. The van der Waals surface area contributed by atoms with Crippen LogP contribution in [0.1, 0.15) is 40.8 Å². The lowest BCUT2D eigenvalue weighted by Gasteiger charge is -2.26. The van der Waals surface area contributed by atoms with Gasteiger partial charge in [-0.2, -0.15) is 0 Å². The van der Waals surface area contributed by atoms with Crippen molar-refractivity contribution in [2.45, 2.75) is 33.2 Å². The molecule has 1 N–H and O–H groups in total. The van der Waals surface area contributed by atoms with Crippen LogP contribution in [0.3, 0.4) is 0 Å². The lowest BCUT2D eigenvalue weighted by molar-refractivity contribution is -0.139. The van der Waals surface area contributed by atoms with Crippen LogP contribution in [0, 0.1) is 13.8 Å². The largest absolute Gasteiger partial charge is 0.507 e. The Morgan fingerprint density at radius 3 is 2.32 bits per heavy atom. The maximum atomic E-state index is 13.4. The number of benzene rings is 3. The van der Waals surface area contributed by atoms with Crippen molar-refractivity contribution < 1.29 is 28.9 Å². The van der Waals surface area contributed by atoms with E-state index in [-0.39, 0.29) is 17.9 Å². The Hall–Kier alpha value is -4.26. The first-order chi connectivity index (χ1) is 18.3. The first-order valence-electron chi connectivity index (χ1n) is 12.6. The molecule has 1 aliphatic rings. The molecule has 3 aromatic carbocycles. The van der Waals surface area contributed by atoms with Gasteiger partial charge >= 0.3 is 0 Å². The number of likely N-dealkylation sites (tertiary alicyclic amines) is 1. The van der Waals surface area contributed by atoms with Crippen LogP contribution in [0.15, 0.2) is 66.2 Å². The number of carbonyl (C=O) groups excluding carboxylic acids is 2. The molecule has 0 saturated carbocycles. The molecule has 1 atom stereocenters. The van der Waals surface area contributed by atoms with Crippen LogP contribution in [0.2, 0.25) is 0 Å². The predicted molar refractivity (Wildman–Crippen MR) is 146 cm³/mol. The maximum absolute atomic E-state index is 13.4. The van der Waals surface area contributed by atoms with Gasteiger partial charge in [0.1, 0.15) is 11.5 Å². The third-order valence-electron chi connectivity index (χ3n) is 6.74. The van der Waals surface area contributed by atoms with Gasteiger partial charge in [-0.25, -0.2) is 0 Å². The van der Waals surface area contributed by atoms with Gasteiger partial charge in [-0.1, -0.05) is 35.9 Å². The van der Waals surface area contributed by atoms with Crippen LogP contribution >= 0.6 is 0 Å². The minimum atomic E-state index is -0.720. The van der Waals surface area contributed by atoms with E-state index < -0.39 is 17.7 Å². The van der Waals surface area contributed by atoms with Crippen LogP contribution in [-0.4, -0.2) is 49.1 Å². The number of aliphatic hydroxyl groups is 1. The molecule has 1 amide bonds. The zero-order valence-electron chi connectivity index (χ0n) is 22.4. The van der Waals surface area contributed by atoms with Crippen molar-refractivity contribution in [3.8, 4) is 17.2 Å². The summed E-state index contributed by atoms with van der Waals surface area (Å²) >= 11 is 0. The van der Waals surface area contributed by atoms with E-state index in [1.165, 1.54) is 0 Å². The van der Waals surface area contributed by atoms with Gasteiger partial charge in [-0.3, -0.25) is 9.59 Å². The van der Waals surface area contributed by atoms with Gasteiger partial charge in [0.25, 0.3) is 11.7 Å². The van der Waals surface area contributed by atoms with E-state index in [0.717, 1.165) is 22.3 Å². The van der Waals surface area contributed by atoms with Gasteiger partial charge in [-0.15, -0.1) is 0 Å². The van der Waals surface area contributed by atoms with Crippen LogP contribution in [0.4, 0.5) is 0 Å². The molecule has 3 aromatic rings. The zero-order chi connectivity index (χ0) is 27.4. The lowest BCUT2D eigenvalue weighted by atomic mass is 9.94. The average Bonchev–Trinajstić information content (AvgIpc) is 3.17. The summed E-state index contributed by atoms with van der Waals surface area (Å²) in [5.41, 5.74) is 4.05. The summed E-state index contributed by atoms with van der Waals surface area (Å²) in [5.74, 6) is 0.369. The first-order valence-corrected chi connectivity index (χ1v) is 12.6. The van der Waals surface area contributed by atoms with Gasteiger partial charge in [0.2, 0.25) is 0 Å². The Balaban J connectivity index is 1.75. The molecule has 7 nitrogen and oxygen atoms in total. The molecule has 38 heavy (non-hydrogen) atoms. The second-order valence-corrected chi connectivity index (χ2v) is 9.26. The fourth-order valence-electron chi connectivity index (χ4n) is 4.85. The number of nitrogens with zero attached hydrogens (tertiary/aromatic N) is 1. The third kappa shape index (κ3) is 5.23. The fourth-order valence-corrected chi connectivity index (χ4v) is 4.85. The summed E-state index contributed by atoms with van der Waals surface area (Å²) in [5, 5.41) is 11.4. The molecule has 1 heterocycles. The predicted octanol–water partition coefficient (Wildman–Crippen LogP) is 5.38. The van der Waals surface area contributed by atoms with Gasteiger partial charge in [0, 0.05) is 12.1 Å². The highest BCUT2D eigenvalue weighted by molar-refractivity contribution is 6.46. The molecule has 1 unspecified atom stereocenters. The molecule has 0 aromatic heterocycles. The Kier molecular flexibility index (Phi) is 8.05. The van der Waals surface area contributed by atoms with Crippen molar-refractivity contribution >= 4 is 17.4 Å². The van der Waals surface area contributed by atoms with Crippen molar-refractivity contribution in [2.75, 3.05) is 27.4 Å². The Morgan fingerprint density at radius 2 is 1.66 bits per heavy atom. The standard InChI is InChI=1S/C31H33NO6/c1-6-38-24-13-11-23(17-20(24)3)29(33)27-28(22-9-7-8-19(2)16-22)32(31(35)30(27)34)15-14-21-10-12-25(36-4)26(18-21)37-5/h7-13,16-18,28,33H,6,14-15H2,1-5H3/b29-27-. The molecule has 4 rings (SSSR count). The van der Waals surface area contributed by atoms with Crippen molar-refractivity contribution in [1.29, 1.82) is 0 Å². The van der Waals surface area contributed by atoms with Gasteiger partial charge in [-0.05, 0) is 74.2 Å². The van der Waals surface area contributed by atoms with Gasteiger partial charge in [0.15, 0.2) is 11.5 Å². The number of ether oxygens (including phenoxy) is 3. The SMILES string of the molecule is CCOc1ccc(/C(O)=C2/C(=O)C(=O)N(CCc3ccc(OC)c(OC)c3)C2c2cccc(C)c2)cc1C. The average molecular weight is 516 g/mol. The normalized spacial score (nSPS) is 16.6. The Labute approximate surface area is 223 Å². The summed E-state index contributed by atoms with van der Waals surface area (Å²) < 4.78 is 16.4. The number of Topliss-reactive ketones (excluding diaryl/α,β-unsaturated/α-hetero) is 1. The highest BCUT2D eigenvalue weighted by Crippen LogP contribution is 2.40. The molecule has 1 aliphatic heterocycles. The number of methoxy groups -OCH3 is 2. The summed E-state index contributed by atoms with van der Waals surface area (Å²) in [6.07, 6.45) is 0.484. The van der Waals surface area contributed by atoms with E-state index in [9.17, 15) is 14.7 Å². The first kappa shape index (κ1) is 26.8. The Morgan fingerprint density at radius 1 is 0.921 bits per heavy atom. The monoisotopic (exact) mass is 515 g/mol. The molecule has 0 bridgehead atoms. The summed E-state index contributed by atoms with van der Waals surface area (Å²) in [4.78, 5) is 28.3. The van der Waals surface area contributed by atoms with E-state index in [1.54, 1.807) is 37.3 Å². The number of ketones is 1. The minimum Gasteiger partial charge on any atom is -0.507 e. The molecule has 7 heteroatoms. The third-order valence-corrected chi connectivity index (χ3v) is 6.74. The maximum Gasteiger partial charge on any atom is 0.295 e. The van der Waals surface area contributed by atoms with Crippen molar-refractivity contribution in [3.05, 3.63) is 94.1 Å². The molecule has 0 aliphatic carbocycles. The van der Waals surface area contributed by atoms with E-state index in [0.29, 0.717) is 35.8 Å². The van der Waals surface area contributed by atoms with Crippen LogP contribution in [0.5, 0.6) is 17.2 Å². The van der Waals surface area contributed by atoms with Crippen LogP contribution < -0.4 is 14.2 Å².